The number of carbonyl (C=O) groups is 6. The first-order valence-corrected chi connectivity index (χ1v) is 43.7. The molecule has 128 heavy (non-hydrogen) atoms. The molecule has 0 atom stereocenters. The Bertz CT molecular complexity index is 6220. The molecule has 24 bridgehead atoms. The average Bonchev–Trinajstić information content (AvgIpc) is 1.62. The fourth-order valence-electron chi connectivity index (χ4n) is 18.6. The van der Waals surface area contributed by atoms with Gasteiger partial charge in [-0.1, -0.05) is 41.5 Å². The van der Waals surface area contributed by atoms with Crippen LogP contribution in [-0.4, -0.2) is 95.6 Å². The summed E-state index contributed by atoms with van der Waals surface area (Å²) in [4.78, 5) is 120. The molecule has 0 fully saturated rings. The number of rotatable bonds is 24. The van der Waals surface area contributed by atoms with Crippen molar-refractivity contribution >= 4 is 169 Å². The van der Waals surface area contributed by atoms with Crippen LogP contribution in [0.3, 0.4) is 0 Å². The van der Waals surface area contributed by atoms with Crippen molar-refractivity contribution in [1.82, 2.24) is 59.8 Å². The molecule has 6 aliphatic heterocycles. The van der Waals surface area contributed by atoms with Gasteiger partial charge in [-0.3, -0.25) is 0 Å². The number of aromatic amines is 6. The summed E-state index contributed by atoms with van der Waals surface area (Å²) in [6, 6.07) is 24.3. The van der Waals surface area contributed by atoms with Crippen molar-refractivity contribution in [1.29, 1.82) is 0 Å². The number of carboxylic acids is 6. The number of carboxylic acid groups (broad SMARTS) is 6. The Morgan fingerprint density at radius 3 is 0.547 bits per heavy atom. The fraction of sp³-hybridized carbons (Fsp3) is 0.353. The number of nitrogens with one attached hydrogen (secondary N) is 6. The van der Waals surface area contributed by atoms with Gasteiger partial charge in [0.15, 0.2) is 0 Å². The van der Waals surface area contributed by atoms with Crippen molar-refractivity contribution in [3.05, 3.63) is 208 Å². The van der Waals surface area contributed by atoms with E-state index in [0.29, 0.717) is 17.1 Å². The van der Waals surface area contributed by atoms with Crippen LogP contribution in [-0.2, 0) is 101 Å². The second-order valence-electron chi connectivity index (χ2n) is 33.3. The molecule has 666 valence electrons. The van der Waals surface area contributed by atoms with Crippen LogP contribution >= 0.6 is 0 Å². The molecule has 0 spiro atoms. The van der Waals surface area contributed by atoms with Crippen LogP contribution in [0.15, 0.2) is 72.8 Å². The Balaban J connectivity index is 0.000000185. The summed E-state index contributed by atoms with van der Waals surface area (Å²) < 4.78 is 0. The first kappa shape index (κ1) is 96.3. The summed E-state index contributed by atoms with van der Waals surface area (Å²) in [7, 11) is 0. The number of aromatic nitrogens is 12. The SMILES string of the molecule is CCC1=C(C)c2cc3[nH]c(cc4nc(cc5[nH]c(cc1n2)c(C)c5CCC(=O)[O-])C(CCC(=O)[O-])=C4C)c(C)c3CC.CCC1=C(C)c2cc3[nH]c(cc4nc(cc5[nH]c(cc1n2)c(C)c5CCC(=O)[O-])C(CCC(=O)[O-])=C4C)c(C)c3CC.CCC1=C(C)c2cc3[nH]c(cc4nc(cc5[nH]c(cc1n2)c(C)c5CCC(=O)[O-])C(CCC(=O)[O-])=C4C)c(C)c3CC.[Co+3].[Co+3]. The van der Waals surface area contributed by atoms with Gasteiger partial charge in [0.1, 0.15) is 0 Å². The molecule has 0 amide bonds. The largest absolute Gasteiger partial charge is 3.00 e. The van der Waals surface area contributed by atoms with Gasteiger partial charge in [-0.25, -0.2) is 29.9 Å². The molecule has 26 heteroatoms. The standard InChI is InChI=1S/3C34H38N4O4.2Co/c3*1-7-21-17(3)25-13-26-19(5)23(9-11-33(39)40)31(37-26)16-32-24(10-12-34(41)42)20(6)28(38-32)15-30-22(8-2)18(4)27(36-30)14-29(21)35-25;;/h3*13-16,35,38H,7-12H2,1-6H3,(H,39,40)(H,41,42);;/q;;;2*+3/p-6. The molecule has 6 aliphatic rings. The van der Waals surface area contributed by atoms with E-state index in [0.717, 1.165) is 273 Å². The Morgan fingerprint density at radius 1 is 0.211 bits per heavy atom. The zero-order valence-electron chi connectivity index (χ0n) is 75.9. The van der Waals surface area contributed by atoms with Gasteiger partial charge in [0.25, 0.3) is 0 Å². The molecular formula is C102H108Co2N12O12. The summed E-state index contributed by atoms with van der Waals surface area (Å²) in [6.07, 6.45) is 5.94. The van der Waals surface area contributed by atoms with Crippen LogP contribution in [0.5, 0.6) is 0 Å². The van der Waals surface area contributed by atoms with Gasteiger partial charge >= 0.3 is 33.6 Å². The van der Waals surface area contributed by atoms with Gasteiger partial charge in [-0.05, 0) is 405 Å². The monoisotopic (exact) mass is 1810 g/mol. The topological polar surface area (TPSA) is 413 Å². The molecule has 6 N–H and O–H groups in total. The van der Waals surface area contributed by atoms with Gasteiger partial charge in [0.05, 0.1) is 68.3 Å². The van der Waals surface area contributed by atoms with Crippen molar-refractivity contribution < 1.29 is 93.0 Å². The predicted molar refractivity (Wildman–Crippen MR) is 488 cm³/mol. The molecule has 0 saturated heterocycles. The van der Waals surface area contributed by atoms with Gasteiger partial charge in [0.2, 0.25) is 0 Å². The summed E-state index contributed by atoms with van der Waals surface area (Å²) in [5.41, 5.74) is 44.8. The number of hydrogen-bond acceptors (Lipinski definition) is 18. The van der Waals surface area contributed by atoms with E-state index in [-0.39, 0.29) is 111 Å². The van der Waals surface area contributed by atoms with Crippen LogP contribution in [0.4, 0.5) is 0 Å². The second kappa shape index (κ2) is 40.3. The summed E-state index contributed by atoms with van der Waals surface area (Å²) in [5.74, 6) is -6.72. The van der Waals surface area contributed by atoms with Crippen molar-refractivity contribution in [3.63, 3.8) is 0 Å². The first-order chi connectivity index (χ1) is 60.0. The van der Waals surface area contributed by atoms with Crippen LogP contribution in [0.25, 0.3) is 133 Å². The minimum atomic E-state index is -1.12. The number of allylic oxidation sites excluding steroid dienone is 12. The summed E-state index contributed by atoms with van der Waals surface area (Å²) in [6.45, 7) is 37.2. The van der Waals surface area contributed by atoms with Crippen molar-refractivity contribution in [2.75, 3.05) is 0 Å². The zero-order chi connectivity index (χ0) is 90.9. The van der Waals surface area contributed by atoms with Gasteiger partial charge in [0, 0.05) is 102 Å². The maximum Gasteiger partial charge on any atom is 3.00 e. The normalized spacial score (nSPS) is 13.1. The molecule has 0 unspecified atom stereocenters. The Morgan fingerprint density at radius 2 is 0.359 bits per heavy atom. The molecule has 0 radical (unpaired) electrons. The third kappa shape index (κ3) is 19.8. The first-order valence-electron chi connectivity index (χ1n) is 43.7. The van der Waals surface area contributed by atoms with Gasteiger partial charge in [-0.15, -0.1) is 0 Å². The molecular weight excluding hydrogens is 1700 g/mol. The number of H-pyrrole nitrogens is 6. The molecule has 15 heterocycles. The van der Waals surface area contributed by atoms with E-state index in [1.165, 1.54) is 16.7 Å². The third-order valence-electron chi connectivity index (χ3n) is 26.0. The molecule has 24 nitrogen and oxygen atoms in total. The predicted octanol–water partition coefficient (Wildman–Crippen LogP) is 14.9. The van der Waals surface area contributed by atoms with E-state index in [4.69, 9.17) is 29.9 Å². The Kier molecular flexibility index (Phi) is 30.3. The number of aryl methyl sites for hydroxylation is 12. The molecule has 0 aromatic carbocycles. The Hall–Kier alpha value is -12.4. The maximum atomic E-state index is 11.4. The number of hydrogen-bond donors (Lipinski definition) is 6. The number of nitrogens with zero attached hydrogens (tertiary/aromatic N) is 6. The number of aliphatic carboxylic acids is 6. The maximum absolute atomic E-state index is 11.4. The molecule has 0 aliphatic carbocycles. The average molecular weight is 1810 g/mol. The zero-order valence-corrected chi connectivity index (χ0v) is 78.0. The van der Waals surface area contributed by atoms with E-state index >= 15 is 0 Å². The van der Waals surface area contributed by atoms with Crippen molar-refractivity contribution in [2.24, 2.45) is 0 Å². The quantitative estimate of drug-likeness (QED) is 0.0327. The van der Waals surface area contributed by atoms with Crippen LogP contribution in [0, 0.1) is 41.5 Å². The van der Waals surface area contributed by atoms with Crippen LogP contribution < -0.4 is 30.6 Å². The smallest absolute Gasteiger partial charge is 0.550 e. The van der Waals surface area contributed by atoms with Crippen LogP contribution in [0.1, 0.15) is 295 Å². The van der Waals surface area contributed by atoms with E-state index in [1.807, 2.05) is 96.1 Å². The molecule has 0 saturated carbocycles. The molecule has 9 aromatic heterocycles. The number of fused-ring (bicyclic) bond motifs is 24. The third-order valence-corrected chi connectivity index (χ3v) is 26.0. The second-order valence-corrected chi connectivity index (χ2v) is 33.3. The summed E-state index contributed by atoms with van der Waals surface area (Å²) in [5, 5.41) is 68.5. The van der Waals surface area contributed by atoms with Crippen LogP contribution in [0.2, 0.25) is 0 Å². The fourth-order valence-corrected chi connectivity index (χ4v) is 18.6. The van der Waals surface area contributed by atoms with E-state index in [2.05, 4.69) is 131 Å². The minimum absolute atomic E-state index is 0. The van der Waals surface area contributed by atoms with E-state index < -0.39 is 35.8 Å². The molecule has 15 rings (SSSR count). The number of carbonyl (C=O) groups excluding carboxylic acids is 6. The van der Waals surface area contributed by atoms with Crippen molar-refractivity contribution in [2.45, 2.75) is 240 Å². The van der Waals surface area contributed by atoms with Crippen molar-refractivity contribution in [3.8, 4) is 0 Å². The Labute approximate surface area is 764 Å². The summed E-state index contributed by atoms with van der Waals surface area (Å²) >= 11 is 0. The minimum Gasteiger partial charge on any atom is -0.550 e. The van der Waals surface area contributed by atoms with Gasteiger partial charge < -0.3 is 89.3 Å². The molecule has 9 aromatic rings. The van der Waals surface area contributed by atoms with E-state index in [9.17, 15) is 59.4 Å². The van der Waals surface area contributed by atoms with Gasteiger partial charge in [-0.2, -0.15) is 0 Å². The van der Waals surface area contributed by atoms with E-state index in [1.54, 1.807) is 0 Å².